The van der Waals surface area contributed by atoms with Crippen molar-refractivity contribution in [3.05, 3.63) is 68.8 Å². The highest BCUT2D eigenvalue weighted by Crippen LogP contribution is 2.31. The zero-order valence-electron chi connectivity index (χ0n) is 13.1. The van der Waals surface area contributed by atoms with E-state index in [4.69, 9.17) is 23.2 Å². The Morgan fingerprint density at radius 3 is 2.44 bits per heavy atom. The number of rotatable bonds is 4. The molecule has 0 unspecified atom stereocenters. The Balaban J connectivity index is 1.76. The second kappa shape index (κ2) is 7.52. The summed E-state index contributed by atoms with van der Waals surface area (Å²) in [5, 5.41) is 4.14. The van der Waals surface area contributed by atoms with Crippen molar-refractivity contribution in [3.8, 4) is 11.3 Å². The average molecular weight is 395 g/mol. The van der Waals surface area contributed by atoms with Crippen molar-refractivity contribution < 1.29 is 9.18 Å². The molecule has 3 aromatic rings. The summed E-state index contributed by atoms with van der Waals surface area (Å²) in [6.07, 6.45) is 0.0585. The summed E-state index contributed by atoms with van der Waals surface area (Å²) >= 11 is 13.5. The van der Waals surface area contributed by atoms with Gasteiger partial charge in [-0.3, -0.25) is 4.79 Å². The number of aromatic nitrogens is 1. The van der Waals surface area contributed by atoms with Crippen LogP contribution in [0.5, 0.6) is 0 Å². The first kappa shape index (κ1) is 17.9. The first-order valence-corrected chi connectivity index (χ1v) is 8.97. The number of hydrogen-bond donors (Lipinski definition) is 1. The second-order valence-corrected chi connectivity index (χ2v) is 7.37. The van der Waals surface area contributed by atoms with Gasteiger partial charge in [0, 0.05) is 20.5 Å². The van der Waals surface area contributed by atoms with Gasteiger partial charge in [0.1, 0.15) is 5.82 Å². The van der Waals surface area contributed by atoms with Gasteiger partial charge in [-0.15, -0.1) is 11.3 Å². The van der Waals surface area contributed by atoms with Crippen LogP contribution in [0.3, 0.4) is 0 Å². The predicted octanol–water partition coefficient (Wildman–Crippen LogP) is 5.75. The Kier molecular flexibility index (Phi) is 5.37. The minimum Gasteiger partial charge on any atom is -0.302 e. The molecule has 0 saturated heterocycles. The minimum absolute atomic E-state index is 0.0585. The summed E-state index contributed by atoms with van der Waals surface area (Å²) < 4.78 is 13.1. The molecule has 0 radical (unpaired) electrons. The molecule has 0 saturated carbocycles. The Morgan fingerprint density at radius 1 is 1.16 bits per heavy atom. The Hall–Kier alpha value is -1.95. The molecule has 0 aliphatic rings. The summed E-state index contributed by atoms with van der Waals surface area (Å²) in [5.41, 5.74) is 2.09. The lowest BCUT2D eigenvalue weighted by Gasteiger charge is -2.06. The third-order valence-corrected chi connectivity index (χ3v) is 5.15. The van der Waals surface area contributed by atoms with E-state index in [1.165, 1.54) is 23.5 Å². The van der Waals surface area contributed by atoms with E-state index in [9.17, 15) is 9.18 Å². The summed E-state index contributed by atoms with van der Waals surface area (Å²) in [5.74, 6) is -0.559. The van der Waals surface area contributed by atoms with Crippen LogP contribution in [-0.4, -0.2) is 10.9 Å². The van der Waals surface area contributed by atoms with E-state index >= 15 is 0 Å². The largest absolute Gasteiger partial charge is 0.302 e. The number of nitrogens with one attached hydrogen (secondary N) is 1. The maximum absolute atomic E-state index is 13.1. The number of carbonyl (C=O) groups excluding carboxylic acids is 1. The number of aryl methyl sites for hydroxylation is 1. The molecule has 0 fully saturated rings. The average Bonchev–Trinajstić information content (AvgIpc) is 2.92. The SMILES string of the molecule is Cc1sc(NC(=O)Cc2c(Cl)cccc2Cl)nc1-c1ccc(F)cc1. The lowest BCUT2D eigenvalue weighted by molar-refractivity contribution is -0.115. The monoisotopic (exact) mass is 394 g/mol. The van der Waals surface area contributed by atoms with Gasteiger partial charge < -0.3 is 5.32 Å². The fourth-order valence-corrected chi connectivity index (χ4v) is 3.73. The molecule has 7 heteroatoms. The van der Waals surface area contributed by atoms with Gasteiger partial charge in [-0.05, 0) is 48.9 Å². The van der Waals surface area contributed by atoms with Gasteiger partial charge in [0.05, 0.1) is 12.1 Å². The van der Waals surface area contributed by atoms with Gasteiger partial charge in [-0.1, -0.05) is 29.3 Å². The van der Waals surface area contributed by atoms with E-state index in [0.29, 0.717) is 20.7 Å². The molecule has 0 bridgehead atoms. The highest BCUT2D eigenvalue weighted by molar-refractivity contribution is 7.16. The lowest BCUT2D eigenvalue weighted by Crippen LogP contribution is -2.14. The van der Waals surface area contributed by atoms with E-state index in [1.54, 1.807) is 30.3 Å². The standard InChI is InChI=1S/C18H13Cl2FN2OS/c1-10-17(11-5-7-12(21)8-6-11)23-18(25-10)22-16(24)9-13-14(19)3-2-4-15(13)20/h2-8H,9H2,1H3,(H,22,23,24). The van der Waals surface area contributed by atoms with Crippen LogP contribution in [-0.2, 0) is 11.2 Å². The first-order chi connectivity index (χ1) is 11.9. The van der Waals surface area contributed by atoms with Crippen LogP contribution in [0.1, 0.15) is 10.4 Å². The molecule has 3 nitrogen and oxygen atoms in total. The molecule has 1 aromatic heterocycles. The molecule has 128 valence electrons. The van der Waals surface area contributed by atoms with Crippen molar-refractivity contribution in [1.82, 2.24) is 4.98 Å². The molecule has 1 heterocycles. The predicted molar refractivity (Wildman–Crippen MR) is 101 cm³/mol. The Morgan fingerprint density at radius 2 is 1.80 bits per heavy atom. The molecular formula is C18H13Cl2FN2OS. The van der Waals surface area contributed by atoms with Crippen molar-refractivity contribution in [2.24, 2.45) is 0 Å². The van der Waals surface area contributed by atoms with Gasteiger partial charge in [0.25, 0.3) is 0 Å². The van der Waals surface area contributed by atoms with E-state index in [2.05, 4.69) is 10.3 Å². The Labute approximate surface area is 158 Å². The number of amides is 1. The van der Waals surface area contributed by atoms with Crippen LogP contribution < -0.4 is 5.32 Å². The number of hydrogen-bond acceptors (Lipinski definition) is 3. The summed E-state index contributed by atoms with van der Waals surface area (Å²) in [4.78, 5) is 17.6. The molecule has 0 aliphatic heterocycles. The van der Waals surface area contributed by atoms with Crippen LogP contribution in [0, 0.1) is 12.7 Å². The molecule has 0 aliphatic carbocycles. The fraction of sp³-hybridized carbons (Fsp3) is 0.111. The first-order valence-electron chi connectivity index (χ1n) is 7.40. The number of thiazole rings is 1. The van der Waals surface area contributed by atoms with Crippen LogP contribution in [0.4, 0.5) is 9.52 Å². The zero-order chi connectivity index (χ0) is 18.0. The second-order valence-electron chi connectivity index (χ2n) is 5.36. The van der Waals surface area contributed by atoms with Crippen LogP contribution in [0.15, 0.2) is 42.5 Å². The highest BCUT2D eigenvalue weighted by atomic mass is 35.5. The number of anilines is 1. The summed E-state index contributed by atoms with van der Waals surface area (Å²) in [7, 11) is 0. The zero-order valence-corrected chi connectivity index (χ0v) is 15.5. The van der Waals surface area contributed by atoms with Crippen LogP contribution in [0.25, 0.3) is 11.3 Å². The smallest absolute Gasteiger partial charge is 0.230 e. The Bertz CT molecular complexity index is 905. The molecular weight excluding hydrogens is 382 g/mol. The van der Waals surface area contributed by atoms with Gasteiger partial charge in [0.15, 0.2) is 5.13 Å². The third-order valence-electron chi connectivity index (χ3n) is 3.56. The van der Waals surface area contributed by atoms with Crippen molar-refractivity contribution in [3.63, 3.8) is 0 Å². The molecule has 25 heavy (non-hydrogen) atoms. The van der Waals surface area contributed by atoms with Crippen molar-refractivity contribution >= 4 is 45.6 Å². The van der Waals surface area contributed by atoms with Gasteiger partial charge in [-0.2, -0.15) is 0 Å². The molecule has 0 spiro atoms. The topological polar surface area (TPSA) is 42.0 Å². The van der Waals surface area contributed by atoms with E-state index in [1.807, 2.05) is 6.92 Å². The highest BCUT2D eigenvalue weighted by Gasteiger charge is 2.15. The van der Waals surface area contributed by atoms with Gasteiger partial charge in [-0.25, -0.2) is 9.37 Å². The normalized spacial score (nSPS) is 10.7. The van der Waals surface area contributed by atoms with Crippen LogP contribution >= 0.6 is 34.5 Å². The number of nitrogens with zero attached hydrogens (tertiary/aromatic N) is 1. The van der Waals surface area contributed by atoms with Crippen molar-refractivity contribution in [2.45, 2.75) is 13.3 Å². The van der Waals surface area contributed by atoms with Crippen molar-refractivity contribution in [1.29, 1.82) is 0 Å². The lowest BCUT2D eigenvalue weighted by atomic mass is 10.1. The fourth-order valence-electron chi connectivity index (χ4n) is 2.35. The number of benzene rings is 2. The molecule has 3 rings (SSSR count). The van der Waals surface area contributed by atoms with Gasteiger partial charge in [0.2, 0.25) is 5.91 Å². The maximum atomic E-state index is 13.1. The van der Waals surface area contributed by atoms with E-state index in [0.717, 1.165) is 16.1 Å². The summed E-state index contributed by atoms with van der Waals surface area (Å²) in [6, 6.07) is 11.2. The summed E-state index contributed by atoms with van der Waals surface area (Å²) in [6.45, 7) is 1.90. The van der Waals surface area contributed by atoms with E-state index in [-0.39, 0.29) is 18.1 Å². The third kappa shape index (κ3) is 4.18. The van der Waals surface area contributed by atoms with Crippen LogP contribution in [0.2, 0.25) is 10.0 Å². The van der Waals surface area contributed by atoms with Crippen molar-refractivity contribution in [2.75, 3.05) is 5.32 Å². The van der Waals surface area contributed by atoms with Gasteiger partial charge >= 0.3 is 0 Å². The van der Waals surface area contributed by atoms with E-state index < -0.39 is 0 Å². The number of carbonyl (C=O) groups is 1. The maximum Gasteiger partial charge on any atom is 0.230 e. The minimum atomic E-state index is -0.304. The molecule has 1 N–H and O–H groups in total. The number of halogens is 3. The quantitative estimate of drug-likeness (QED) is 0.612. The molecule has 1 amide bonds. The molecule has 2 aromatic carbocycles. The molecule has 0 atom stereocenters.